The molecule has 8 heteroatoms. The zero-order chi connectivity index (χ0) is 12.3. The highest BCUT2D eigenvalue weighted by molar-refractivity contribution is 6.33. The summed E-state index contributed by atoms with van der Waals surface area (Å²) in [6.07, 6.45) is -4.44. The molecule has 0 unspecified atom stereocenters. The smallest absolute Gasteiger partial charge is 0.411 e. The van der Waals surface area contributed by atoms with Crippen LogP contribution in [0.3, 0.4) is 0 Å². The fraction of sp³-hybridized carbons (Fsp3) is 0.125. The first-order chi connectivity index (χ1) is 7.35. The van der Waals surface area contributed by atoms with Gasteiger partial charge in [-0.1, -0.05) is 16.8 Å². The molecule has 0 spiro atoms. The highest BCUT2D eigenvalue weighted by Gasteiger charge is 2.33. The van der Waals surface area contributed by atoms with Gasteiger partial charge in [0.1, 0.15) is 0 Å². The lowest BCUT2D eigenvalue weighted by atomic mass is 10.2. The third-order valence-corrected chi connectivity index (χ3v) is 1.83. The van der Waals surface area contributed by atoms with E-state index in [9.17, 15) is 17.6 Å². The Morgan fingerprint density at radius 3 is 2.50 bits per heavy atom. The second kappa shape index (κ2) is 4.56. The van der Waals surface area contributed by atoms with Crippen molar-refractivity contribution in [1.29, 1.82) is 0 Å². The first-order valence-corrected chi connectivity index (χ1v) is 4.14. The number of nitrogens with zero attached hydrogens (tertiary/aromatic N) is 1. The summed E-state index contributed by atoms with van der Waals surface area (Å²) in [5, 5.41) is 10.4. The van der Waals surface area contributed by atoms with E-state index in [1.165, 1.54) is 0 Å². The molecule has 1 aromatic rings. The molecule has 0 aliphatic heterocycles. The molecule has 0 bridgehead atoms. The second-order valence-electron chi connectivity index (χ2n) is 2.57. The third-order valence-electron chi connectivity index (χ3n) is 1.50. The zero-order valence-corrected chi connectivity index (χ0v) is 8.18. The quantitative estimate of drug-likeness (QED) is 0.383. The predicted octanol–water partition coefficient (Wildman–Crippen LogP) is 3.19. The van der Waals surface area contributed by atoms with Gasteiger partial charge in [0, 0.05) is 0 Å². The molecule has 0 aliphatic rings. The van der Waals surface area contributed by atoms with Crippen molar-refractivity contribution < 1.29 is 27.5 Å². The summed E-state index contributed by atoms with van der Waals surface area (Å²) in [6.45, 7) is 0. The molecule has 0 fully saturated rings. The van der Waals surface area contributed by atoms with Gasteiger partial charge in [-0.3, -0.25) is 0 Å². The van der Waals surface area contributed by atoms with Crippen molar-refractivity contribution in [1.82, 2.24) is 0 Å². The van der Waals surface area contributed by atoms with Crippen molar-refractivity contribution in [3.05, 3.63) is 28.5 Å². The number of rotatable bonds is 2. The number of hydrogen-bond donors (Lipinski definition) is 1. The SMILES string of the molecule is O/N=C/c1c(Cl)ccc(OC(F)(F)F)c1F. The lowest BCUT2D eigenvalue weighted by molar-refractivity contribution is -0.275. The van der Waals surface area contributed by atoms with Gasteiger partial charge in [0.15, 0.2) is 11.6 Å². The number of ether oxygens (including phenoxy) is 1. The van der Waals surface area contributed by atoms with E-state index in [1.54, 1.807) is 0 Å². The average molecular weight is 258 g/mol. The van der Waals surface area contributed by atoms with E-state index in [-0.39, 0.29) is 5.02 Å². The number of benzene rings is 1. The molecule has 88 valence electrons. The van der Waals surface area contributed by atoms with Crippen LogP contribution < -0.4 is 4.74 Å². The van der Waals surface area contributed by atoms with Crippen molar-refractivity contribution in [3.63, 3.8) is 0 Å². The molecule has 0 atom stereocenters. The molecule has 1 rings (SSSR count). The highest BCUT2D eigenvalue weighted by Crippen LogP contribution is 2.30. The van der Waals surface area contributed by atoms with Gasteiger partial charge < -0.3 is 9.94 Å². The first-order valence-electron chi connectivity index (χ1n) is 3.76. The van der Waals surface area contributed by atoms with Crippen molar-refractivity contribution in [2.75, 3.05) is 0 Å². The van der Waals surface area contributed by atoms with E-state index >= 15 is 0 Å². The summed E-state index contributed by atoms with van der Waals surface area (Å²) in [5.74, 6) is -2.41. The zero-order valence-electron chi connectivity index (χ0n) is 7.42. The van der Waals surface area contributed by atoms with Crippen molar-refractivity contribution >= 4 is 17.8 Å². The van der Waals surface area contributed by atoms with Crippen LogP contribution in [0.1, 0.15) is 5.56 Å². The number of halogens is 5. The Kier molecular flexibility index (Phi) is 3.58. The van der Waals surface area contributed by atoms with Crippen LogP contribution in [0.15, 0.2) is 17.3 Å². The van der Waals surface area contributed by atoms with Crippen LogP contribution in [0.2, 0.25) is 5.02 Å². The normalized spacial score (nSPS) is 12.1. The maximum Gasteiger partial charge on any atom is 0.573 e. The average Bonchev–Trinajstić information content (AvgIpc) is 2.15. The summed E-state index contributed by atoms with van der Waals surface area (Å²) < 4.78 is 52.2. The third kappa shape index (κ3) is 2.99. The number of alkyl halides is 3. The molecule has 1 aromatic carbocycles. The van der Waals surface area contributed by atoms with Gasteiger partial charge in [-0.05, 0) is 12.1 Å². The highest BCUT2D eigenvalue weighted by atomic mass is 35.5. The van der Waals surface area contributed by atoms with E-state index in [0.29, 0.717) is 6.21 Å². The molecule has 0 saturated carbocycles. The van der Waals surface area contributed by atoms with Gasteiger partial charge in [0.2, 0.25) is 0 Å². The van der Waals surface area contributed by atoms with Gasteiger partial charge in [0.05, 0.1) is 16.8 Å². The topological polar surface area (TPSA) is 41.8 Å². The van der Waals surface area contributed by atoms with Crippen molar-refractivity contribution in [2.45, 2.75) is 6.36 Å². The van der Waals surface area contributed by atoms with Crippen LogP contribution in [-0.4, -0.2) is 17.8 Å². The van der Waals surface area contributed by atoms with Crippen LogP contribution in [0.25, 0.3) is 0 Å². The van der Waals surface area contributed by atoms with Gasteiger partial charge in [-0.2, -0.15) is 0 Å². The molecular formula is C8H4ClF4NO2. The van der Waals surface area contributed by atoms with Gasteiger partial charge in [0.25, 0.3) is 0 Å². The predicted molar refractivity (Wildman–Crippen MR) is 47.5 cm³/mol. The summed E-state index contributed by atoms with van der Waals surface area (Å²) in [7, 11) is 0. The second-order valence-corrected chi connectivity index (χ2v) is 2.97. The molecule has 0 aromatic heterocycles. The molecule has 0 radical (unpaired) electrons. The van der Waals surface area contributed by atoms with Gasteiger partial charge in [-0.25, -0.2) is 4.39 Å². The van der Waals surface area contributed by atoms with Gasteiger partial charge in [-0.15, -0.1) is 13.2 Å². The fourth-order valence-electron chi connectivity index (χ4n) is 0.929. The van der Waals surface area contributed by atoms with E-state index in [4.69, 9.17) is 16.8 Å². The fourth-order valence-corrected chi connectivity index (χ4v) is 1.12. The molecule has 3 nitrogen and oxygen atoms in total. The van der Waals surface area contributed by atoms with E-state index in [1.807, 2.05) is 0 Å². The minimum atomic E-state index is -5.01. The maximum atomic E-state index is 13.3. The molecule has 0 saturated heterocycles. The lowest BCUT2D eigenvalue weighted by Crippen LogP contribution is -2.18. The number of hydrogen-bond acceptors (Lipinski definition) is 3. The lowest BCUT2D eigenvalue weighted by Gasteiger charge is -2.11. The molecule has 1 N–H and O–H groups in total. The Hall–Kier alpha value is -1.50. The first kappa shape index (κ1) is 12.6. The standard InChI is InChI=1S/C8H4ClF4NO2/c9-5-1-2-6(16-8(11,12)13)7(10)4(5)3-14-15/h1-3,15H/b14-3+. The van der Waals surface area contributed by atoms with Crippen molar-refractivity contribution in [3.8, 4) is 5.75 Å². The minimum absolute atomic E-state index is 0.204. The van der Waals surface area contributed by atoms with Crippen LogP contribution in [-0.2, 0) is 0 Å². The summed E-state index contributed by atoms with van der Waals surface area (Å²) in [4.78, 5) is 0. The number of oxime groups is 1. The van der Waals surface area contributed by atoms with Crippen LogP contribution in [0.5, 0.6) is 5.75 Å². The molecule has 16 heavy (non-hydrogen) atoms. The summed E-state index contributed by atoms with van der Waals surface area (Å²) >= 11 is 5.47. The van der Waals surface area contributed by atoms with E-state index in [0.717, 1.165) is 12.1 Å². The Labute approximate surface area is 91.9 Å². The van der Waals surface area contributed by atoms with Crippen molar-refractivity contribution in [2.24, 2.45) is 5.16 Å². The van der Waals surface area contributed by atoms with Gasteiger partial charge >= 0.3 is 6.36 Å². The summed E-state index contributed by atoms with van der Waals surface area (Å²) in [5.41, 5.74) is -0.495. The molecule has 0 heterocycles. The Morgan fingerprint density at radius 2 is 2.00 bits per heavy atom. The molecule has 0 amide bonds. The van der Waals surface area contributed by atoms with E-state index < -0.39 is 23.5 Å². The largest absolute Gasteiger partial charge is 0.573 e. The maximum absolute atomic E-state index is 13.3. The van der Waals surface area contributed by atoms with Crippen LogP contribution in [0, 0.1) is 5.82 Å². The Bertz CT molecular complexity index is 419. The Morgan fingerprint density at radius 1 is 1.38 bits per heavy atom. The molecule has 0 aliphatic carbocycles. The van der Waals surface area contributed by atoms with Crippen LogP contribution >= 0.6 is 11.6 Å². The van der Waals surface area contributed by atoms with Crippen LogP contribution in [0.4, 0.5) is 17.6 Å². The van der Waals surface area contributed by atoms with E-state index in [2.05, 4.69) is 9.89 Å². The monoisotopic (exact) mass is 257 g/mol. The summed E-state index contributed by atoms with van der Waals surface area (Å²) in [6, 6.07) is 1.71. The Balaban J connectivity index is 3.18. The minimum Gasteiger partial charge on any atom is -0.411 e. The molecular weight excluding hydrogens is 254 g/mol.